The molecule has 2 N–H and O–H groups in total. The summed E-state index contributed by atoms with van der Waals surface area (Å²) < 4.78 is 22.5. The Balaban J connectivity index is 1.77. The van der Waals surface area contributed by atoms with Gasteiger partial charge in [-0.25, -0.2) is 4.79 Å². The number of rotatable bonds is 15. The first kappa shape index (κ1) is 28.3. The van der Waals surface area contributed by atoms with E-state index in [0.29, 0.717) is 59.6 Å². The normalized spacial score (nSPS) is 10.9. The fourth-order valence-electron chi connectivity index (χ4n) is 4.04. The van der Waals surface area contributed by atoms with Crippen molar-refractivity contribution in [3.63, 3.8) is 0 Å². The molecule has 1 aromatic heterocycles. The lowest BCUT2D eigenvalue weighted by atomic mass is 10.0. The summed E-state index contributed by atoms with van der Waals surface area (Å²) in [6, 6.07) is 11.4. The highest BCUT2D eigenvalue weighted by atomic mass is 35.5. The number of methoxy groups -OCH3 is 2. The zero-order chi connectivity index (χ0) is 26.6. The van der Waals surface area contributed by atoms with Crippen LogP contribution in [-0.4, -0.2) is 56.8 Å². The molecule has 3 rings (SSSR count). The maximum atomic E-state index is 13.2. The van der Waals surface area contributed by atoms with Crippen molar-refractivity contribution in [3.05, 3.63) is 58.8 Å². The number of hydrogen-bond donors (Lipinski definition) is 2. The van der Waals surface area contributed by atoms with Crippen molar-refractivity contribution >= 4 is 34.4 Å². The van der Waals surface area contributed by atoms with Crippen molar-refractivity contribution in [2.45, 2.75) is 38.5 Å². The minimum Gasteiger partial charge on any atom is -0.497 e. The van der Waals surface area contributed by atoms with E-state index in [9.17, 15) is 9.59 Å². The molecule has 0 saturated heterocycles. The van der Waals surface area contributed by atoms with Gasteiger partial charge in [-0.05, 0) is 61.1 Å². The molecule has 0 aliphatic rings. The van der Waals surface area contributed by atoms with Crippen molar-refractivity contribution in [1.82, 2.24) is 5.32 Å². The average Bonchev–Trinajstić information content (AvgIpc) is 3.29. The monoisotopic (exact) mass is 531 g/mol. The van der Waals surface area contributed by atoms with Gasteiger partial charge in [-0.15, -0.1) is 11.6 Å². The molecule has 0 bridgehead atoms. The van der Waals surface area contributed by atoms with E-state index >= 15 is 0 Å². The number of amides is 1. The third-order valence-electron chi connectivity index (χ3n) is 5.93. The molecule has 0 aliphatic heterocycles. The van der Waals surface area contributed by atoms with Gasteiger partial charge in [0.15, 0.2) is 11.3 Å². The number of carbonyl (C=O) groups excluding carboxylic acids is 2. The number of hydrogen-bond acceptors (Lipinski definition) is 7. The van der Waals surface area contributed by atoms with Crippen LogP contribution in [0.3, 0.4) is 0 Å². The predicted octanol–water partition coefficient (Wildman–Crippen LogP) is 4.45. The molecule has 8 nitrogen and oxygen atoms in total. The van der Waals surface area contributed by atoms with Crippen LogP contribution in [0.15, 0.2) is 40.8 Å². The van der Waals surface area contributed by atoms with Gasteiger partial charge in [0, 0.05) is 30.7 Å². The molecule has 0 radical (unpaired) electrons. The third kappa shape index (κ3) is 7.87. The number of alkyl halides is 1. The first-order valence-electron chi connectivity index (χ1n) is 12.4. The smallest absolute Gasteiger partial charge is 0.342 e. The Hall–Kier alpha value is -3.23. The summed E-state index contributed by atoms with van der Waals surface area (Å²) in [5.74, 6) is 1.59. The van der Waals surface area contributed by atoms with Gasteiger partial charge in [0.2, 0.25) is 5.91 Å². The average molecular weight is 532 g/mol. The Morgan fingerprint density at radius 1 is 1.00 bits per heavy atom. The van der Waals surface area contributed by atoms with Gasteiger partial charge in [0.05, 0.1) is 27.4 Å². The molecule has 9 heteroatoms. The van der Waals surface area contributed by atoms with Crippen LogP contribution in [-0.2, 0) is 28.8 Å². The summed E-state index contributed by atoms with van der Waals surface area (Å²) in [5.41, 5.74) is 2.78. The van der Waals surface area contributed by atoms with Crippen molar-refractivity contribution in [3.8, 4) is 11.5 Å². The molecule has 1 heterocycles. The third-order valence-corrected chi connectivity index (χ3v) is 6.19. The second-order valence-corrected chi connectivity index (χ2v) is 8.91. The van der Waals surface area contributed by atoms with E-state index in [1.165, 1.54) is 7.11 Å². The minimum atomic E-state index is -0.460. The molecule has 0 atom stereocenters. The van der Waals surface area contributed by atoms with Crippen LogP contribution in [0.25, 0.3) is 11.0 Å². The quantitative estimate of drug-likeness (QED) is 0.169. The highest BCUT2D eigenvalue weighted by molar-refractivity contribution is 6.17. The highest BCUT2D eigenvalue weighted by Gasteiger charge is 2.25. The number of carbonyl (C=O) groups is 2. The maximum absolute atomic E-state index is 13.2. The molecule has 3 aromatic rings. The lowest BCUT2D eigenvalue weighted by molar-refractivity contribution is -0.121. The molecule has 0 saturated carbocycles. The van der Waals surface area contributed by atoms with E-state index in [1.54, 1.807) is 13.2 Å². The van der Waals surface area contributed by atoms with Gasteiger partial charge >= 0.3 is 5.97 Å². The van der Waals surface area contributed by atoms with Gasteiger partial charge in [-0.3, -0.25) is 4.79 Å². The summed E-state index contributed by atoms with van der Waals surface area (Å²) in [4.78, 5) is 25.2. The van der Waals surface area contributed by atoms with Crippen molar-refractivity contribution < 1.29 is 33.3 Å². The zero-order valence-electron chi connectivity index (χ0n) is 21.3. The first-order chi connectivity index (χ1) is 18.0. The summed E-state index contributed by atoms with van der Waals surface area (Å²) >= 11 is 5.91. The van der Waals surface area contributed by atoms with Crippen LogP contribution in [0.5, 0.6) is 11.5 Å². The number of ether oxygens (including phenoxy) is 3. The Morgan fingerprint density at radius 3 is 2.46 bits per heavy atom. The van der Waals surface area contributed by atoms with Crippen molar-refractivity contribution in [2.24, 2.45) is 0 Å². The maximum Gasteiger partial charge on any atom is 0.342 e. The molecule has 200 valence electrons. The molecule has 0 aliphatic carbocycles. The molecule has 0 fully saturated rings. The van der Waals surface area contributed by atoms with Gasteiger partial charge in [0.1, 0.15) is 17.1 Å². The fourth-order valence-corrected chi connectivity index (χ4v) is 4.18. The molecule has 37 heavy (non-hydrogen) atoms. The van der Waals surface area contributed by atoms with Crippen LogP contribution in [0, 0.1) is 0 Å². The van der Waals surface area contributed by atoms with Crippen LogP contribution in [0.1, 0.15) is 46.5 Å². The Bertz CT molecular complexity index is 1170. The molecular formula is C28H34ClNO7. The Morgan fingerprint density at radius 2 is 1.78 bits per heavy atom. The number of aryl methyl sites for hydroxylation is 3. The van der Waals surface area contributed by atoms with E-state index < -0.39 is 5.97 Å². The fraction of sp³-hybridized carbons (Fsp3) is 0.429. The topological polar surface area (TPSA) is 107 Å². The summed E-state index contributed by atoms with van der Waals surface area (Å²) in [6.07, 6.45) is 3.22. The van der Waals surface area contributed by atoms with E-state index in [1.807, 2.05) is 30.3 Å². The number of nitrogens with one attached hydrogen (secondary N) is 1. The number of fused-ring (bicyclic) bond motifs is 1. The predicted molar refractivity (Wildman–Crippen MR) is 142 cm³/mol. The number of benzene rings is 2. The lowest BCUT2D eigenvalue weighted by Crippen LogP contribution is -2.26. The Kier molecular flexibility index (Phi) is 11.1. The van der Waals surface area contributed by atoms with Gasteiger partial charge in [-0.1, -0.05) is 12.1 Å². The second-order valence-electron chi connectivity index (χ2n) is 8.53. The Labute approximate surface area is 221 Å². The standard InChI is InChI=1S/C28H34ClNO7/c1-34-21-10-7-19(8-11-21)5-4-16-36-28(33)26-22-17-20(9-12-25(32)30-14-15-31)18-24(35-2)27(22)37-23(26)6-3-13-29/h7-8,10-11,17-18,31H,3-6,9,12-16H2,1-2H3,(H,30,32). The van der Waals surface area contributed by atoms with Crippen LogP contribution >= 0.6 is 11.6 Å². The van der Waals surface area contributed by atoms with Crippen LogP contribution < -0.4 is 14.8 Å². The lowest BCUT2D eigenvalue weighted by Gasteiger charge is -2.08. The van der Waals surface area contributed by atoms with Crippen LogP contribution in [0.4, 0.5) is 0 Å². The summed E-state index contributed by atoms with van der Waals surface area (Å²) in [5, 5.41) is 12.1. The number of aliphatic hydroxyl groups is 1. The SMILES string of the molecule is COc1ccc(CCCOC(=O)c2c(CCCCl)oc3c(OC)cc(CCC(=O)NCCO)cc23)cc1. The minimum absolute atomic E-state index is 0.114. The summed E-state index contributed by atoms with van der Waals surface area (Å²) in [6.45, 7) is 0.354. The zero-order valence-corrected chi connectivity index (χ0v) is 22.1. The first-order valence-corrected chi connectivity index (χ1v) is 12.9. The number of esters is 1. The number of halogens is 1. The van der Waals surface area contributed by atoms with Crippen molar-refractivity contribution in [2.75, 3.05) is 39.9 Å². The molecule has 0 unspecified atom stereocenters. The molecule has 2 aromatic carbocycles. The van der Waals surface area contributed by atoms with Crippen LogP contribution in [0.2, 0.25) is 0 Å². The van der Waals surface area contributed by atoms with E-state index in [4.69, 9.17) is 35.3 Å². The van der Waals surface area contributed by atoms with E-state index in [-0.39, 0.29) is 32.1 Å². The second kappa shape index (κ2) is 14.5. The molecular weight excluding hydrogens is 498 g/mol. The van der Waals surface area contributed by atoms with Gasteiger partial charge in [0.25, 0.3) is 0 Å². The highest BCUT2D eigenvalue weighted by Crippen LogP contribution is 2.36. The summed E-state index contributed by atoms with van der Waals surface area (Å²) in [7, 11) is 3.16. The van der Waals surface area contributed by atoms with E-state index in [2.05, 4.69) is 5.32 Å². The molecule has 0 spiro atoms. The molecule has 1 amide bonds. The number of furan rings is 1. The number of aliphatic hydroxyl groups excluding tert-OH is 1. The van der Waals surface area contributed by atoms with Gasteiger partial charge < -0.3 is 29.1 Å². The van der Waals surface area contributed by atoms with Crippen molar-refractivity contribution in [1.29, 1.82) is 0 Å². The largest absolute Gasteiger partial charge is 0.497 e. The van der Waals surface area contributed by atoms with E-state index in [0.717, 1.165) is 23.3 Å². The van der Waals surface area contributed by atoms with Gasteiger partial charge in [-0.2, -0.15) is 0 Å².